The van der Waals surface area contributed by atoms with Crippen molar-refractivity contribution in [1.82, 2.24) is 0 Å². The summed E-state index contributed by atoms with van der Waals surface area (Å²) in [7, 11) is 0. The van der Waals surface area contributed by atoms with Crippen molar-refractivity contribution in [2.45, 2.75) is 20.3 Å². The van der Waals surface area contributed by atoms with E-state index in [1.165, 1.54) is 11.8 Å². The molecule has 4 heteroatoms. The van der Waals surface area contributed by atoms with Gasteiger partial charge in [-0.1, -0.05) is 25.6 Å². The number of hydrogen-bond acceptors (Lipinski definition) is 4. The number of hydrogen-bond donors (Lipinski definition) is 0. The van der Waals surface area contributed by atoms with E-state index in [1.807, 2.05) is 13.8 Å². The Labute approximate surface area is 88.3 Å². The number of ether oxygens (including phenoxy) is 1. The first kappa shape index (κ1) is 10.0. The highest BCUT2D eigenvalue weighted by Crippen LogP contribution is 2.43. The van der Waals surface area contributed by atoms with Gasteiger partial charge < -0.3 is 4.74 Å². The quantitative estimate of drug-likeness (QED) is 0.665. The average Bonchev–Trinajstić information content (AvgIpc) is 2.44. The molecule has 2 aliphatic rings. The van der Waals surface area contributed by atoms with Gasteiger partial charge in [-0.25, -0.2) is 0 Å². The summed E-state index contributed by atoms with van der Waals surface area (Å²) in [6.45, 7) is 5.58. The van der Waals surface area contributed by atoms with Gasteiger partial charge in [0.15, 0.2) is 11.0 Å². The van der Waals surface area contributed by atoms with Crippen molar-refractivity contribution in [1.29, 1.82) is 0 Å². The smallest absolute Gasteiger partial charge is 0.195 e. The zero-order valence-electron chi connectivity index (χ0n) is 8.58. The van der Waals surface area contributed by atoms with Crippen LogP contribution in [0, 0.1) is 11.3 Å². The summed E-state index contributed by atoms with van der Waals surface area (Å²) >= 11 is 1.41. The maximum atomic E-state index is 11.6. The molecule has 0 radical (unpaired) electrons. The normalized spacial score (nSPS) is 31.1. The molecule has 0 unspecified atom stereocenters. The molecule has 0 saturated carbocycles. The molecule has 1 atom stereocenters. The van der Waals surface area contributed by atoms with E-state index in [1.54, 1.807) is 0 Å². The van der Waals surface area contributed by atoms with Gasteiger partial charge in [0.1, 0.15) is 0 Å². The van der Waals surface area contributed by atoms with E-state index < -0.39 is 0 Å². The summed E-state index contributed by atoms with van der Waals surface area (Å²) in [5.41, 5.74) is -0.305. The van der Waals surface area contributed by atoms with Crippen LogP contribution in [0.2, 0.25) is 0 Å². The third-order valence-corrected chi connectivity index (χ3v) is 4.18. The van der Waals surface area contributed by atoms with Crippen LogP contribution in [0.25, 0.3) is 0 Å². The maximum Gasteiger partial charge on any atom is 0.195 e. The van der Waals surface area contributed by atoms with Crippen LogP contribution in [0.15, 0.2) is 4.99 Å². The van der Waals surface area contributed by atoms with Crippen LogP contribution in [0.4, 0.5) is 0 Å². The Kier molecular flexibility index (Phi) is 2.56. The van der Waals surface area contributed by atoms with Gasteiger partial charge in [-0.15, -0.1) is 0 Å². The molecule has 1 saturated heterocycles. The molecule has 0 spiro atoms. The predicted molar refractivity (Wildman–Crippen MR) is 57.6 cm³/mol. The molecule has 0 aromatic heterocycles. The number of nitrogens with zero attached hydrogens (tertiary/aromatic N) is 1. The predicted octanol–water partition coefficient (Wildman–Crippen LogP) is 1.72. The second kappa shape index (κ2) is 3.57. The van der Waals surface area contributed by atoms with E-state index in [-0.39, 0.29) is 16.4 Å². The zero-order valence-corrected chi connectivity index (χ0v) is 9.39. The van der Waals surface area contributed by atoms with Crippen LogP contribution >= 0.6 is 11.8 Å². The van der Waals surface area contributed by atoms with Crippen molar-refractivity contribution < 1.29 is 9.53 Å². The van der Waals surface area contributed by atoms with Gasteiger partial charge >= 0.3 is 0 Å². The minimum atomic E-state index is -0.305. The van der Waals surface area contributed by atoms with Gasteiger partial charge in [0.05, 0.1) is 12.5 Å². The Morgan fingerprint density at radius 2 is 2.36 bits per heavy atom. The fourth-order valence-corrected chi connectivity index (χ4v) is 3.15. The summed E-state index contributed by atoms with van der Waals surface area (Å²) in [5, 5.41) is 0.263. The Morgan fingerprint density at radius 1 is 1.57 bits per heavy atom. The molecule has 0 aromatic carbocycles. The lowest BCUT2D eigenvalue weighted by molar-refractivity contribution is -0.118. The number of carbonyl (C=O) groups excluding carboxylic acids is 1. The molecule has 2 aliphatic heterocycles. The second-order valence-electron chi connectivity index (χ2n) is 4.29. The van der Waals surface area contributed by atoms with E-state index in [0.717, 1.165) is 31.2 Å². The SMILES string of the molecule is CC1(C)C(=O)SC[C@@H]1C1=NCCCO1. The van der Waals surface area contributed by atoms with E-state index in [4.69, 9.17) is 4.74 Å². The number of carbonyl (C=O) groups is 1. The molecule has 0 N–H and O–H groups in total. The average molecular weight is 213 g/mol. The topological polar surface area (TPSA) is 38.7 Å². The monoisotopic (exact) mass is 213 g/mol. The molecule has 1 fully saturated rings. The highest BCUT2D eigenvalue weighted by Gasteiger charge is 2.46. The Balaban J connectivity index is 2.18. The van der Waals surface area contributed by atoms with Crippen molar-refractivity contribution in [2.24, 2.45) is 16.3 Å². The highest BCUT2D eigenvalue weighted by atomic mass is 32.2. The summed E-state index contributed by atoms with van der Waals surface area (Å²) in [4.78, 5) is 16.0. The molecule has 14 heavy (non-hydrogen) atoms. The lowest BCUT2D eigenvalue weighted by atomic mass is 9.81. The largest absolute Gasteiger partial charge is 0.481 e. The van der Waals surface area contributed by atoms with Crippen LogP contribution < -0.4 is 0 Å². The van der Waals surface area contributed by atoms with Gasteiger partial charge in [0, 0.05) is 24.1 Å². The molecule has 0 amide bonds. The van der Waals surface area contributed by atoms with E-state index in [0.29, 0.717) is 0 Å². The van der Waals surface area contributed by atoms with Crippen molar-refractivity contribution in [3.63, 3.8) is 0 Å². The summed E-state index contributed by atoms with van der Waals surface area (Å²) in [5.74, 6) is 1.81. The second-order valence-corrected chi connectivity index (χ2v) is 5.29. The van der Waals surface area contributed by atoms with Gasteiger partial charge in [0.2, 0.25) is 0 Å². The Hall–Kier alpha value is -0.510. The van der Waals surface area contributed by atoms with E-state index >= 15 is 0 Å². The summed E-state index contributed by atoms with van der Waals surface area (Å²) < 4.78 is 5.53. The summed E-state index contributed by atoms with van der Waals surface area (Å²) in [6.07, 6.45) is 0.998. The molecule has 2 rings (SSSR count). The van der Waals surface area contributed by atoms with E-state index in [2.05, 4.69) is 4.99 Å². The van der Waals surface area contributed by atoms with Crippen LogP contribution in [-0.4, -0.2) is 29.9 Å². The van der Waals surface area contributed by atoms with Crippen LogP contribution in [0.1, 0.15) is 20.3 Å². The molecule has 0 bridgehead atoms. The first-order chi connectivity index (χ1) is 6.62. The Bertz CT molecular complexity index is 286. The molecule has 0 aliphatic carbocycles. The van der Waals surface area contributed by atoms with Crippen molar-refractivity contribution in [3.05, 3.63) is 0 Å². The van der Waals surface area contributed by atoms with Crippen LogP contribution in [0.3, 0.4) is 0 Å². The van der Waals surface area contributed by atoms with Crippen LogP contribution in [0.5, 0.6) is 0 Å². The number of thioether (sulfide) groups is 1. The lowest BCUT2D eigenvalue weighted by Gasteiger charge is -2.27. The van der Waals surface area contributed by atoms with Crippen molar-refractivity contribution in [2.75, 3.05) is 18.9 Å². The minimum Gasteiger partial charge on any atom is -0.481 e. The first-order valence-corrected chi connectivity index (χ1v) is 5.95. The highest BCUT2D eigenvalue weighted by molar-refractivity contribution is 8.14. The number of aliphatic imine (C=N–C) groups is 1. The fraction of sp³-hybridized carbons (Fsp3) is 0.800. The van der Waals surface area contributed by atoms with Crippen molar-refractivity contribution >= 4 is 22.8 Å². The van der Waals surface area contributed by atoms with Gasteiger partial charge in [-0.2, -0.15) is 0 Å². The van der Waals surface area contributed by atoms with Gasteiger partial charge in [0.25, 0.3) is 0 Å². The van der Waals surface area contributed by atoms with E-state index in [9.17, 15) is 4.79 Å². The molecule has 2 heterocycles. The first-order valence-electron chi connectivity index (χ1n) is 4.97. The lowest BCUT2D eigenvalue weighted by Crippen LogP contribution is -2.34. The Morgan fingerprint density at radius 3 is 2.86 bits per heavy atom. The minimum absolute atomic E-state index is 0.181. The number of rotatable bonds is 1. The molecule has 78 valence electrons. The van der Waals surface area contributed by atoms with Crippen molar-refractivity contribution in [3.8, 4) is 0 Å². The third-order valence-electron chi connectivity index (χ3n) is 2.90. The molecule has 0 aromatic rings. The molecular formula is C10H15NO2S. The summed E-state index contributed by atoms with van der Waals surface area (Å²) in [6, 6.07) is 0. The van der Waals surface area contributed by atoms with Gasteiger partial charge in [-0.05, 0) is 0 Å². The van der Waals surface area contributed by atoms with Crippen LogP contribution in [-0.2, 0) is 9.53 Å². The third kappa shape index (κ3) is 1.56. The fourth-order valence-electron chi connectivity index (χ4n) is 1.76. The maximum absolute atomic E-state index is 11.6. The standard InChI is InChI=1S/C10H15NO2S/c1-10(2)7(6-14-9(10)12)8-11-4-3-5-13-8/h7H,3-6H2,1-2H3/t7-/m1/s1. The molecular weight excluding hydrogens is 198 g/mol. The molecule has 3 nitrogen and oxygen atoms in total. The zero-order chi connectivity index (χ0) is 10.2. The van der Waals surface area contributed by atoms with Gasteiger partial charge in [-0.3, -0.25) is 9.79 Å².